The van der Waals surface area contributed by atoms with Crippen LogP contribution in [-0.4, -0.2) is 6.04 Å². The molecule has 0 saturated heterocycles. The lowest BCUT2D eigenvalue weighted by molar-refractivity contribution is 0.482. The van der Waals surface area contributed by atoms with E-state index in [0.717, 1.165) is 25.7 Å². The molecule has 1 aliphatic carbocycles. The van der Waals surface area contributed by atoms with Gasteiger partial charge in [-0.25, -0.2) is 0 Å². The normalized spacial score (nSPS) is 21.0. The summed E-state index contributed by atoms with van der Waals surface area (Å²) in [4.78, 5) is 0. The lowest BCUT2D eigenvalue weighted by Crippen LogP contribution is -2.21. The van der Waals surface area contributed by atoms with Gasteiger partial charge in [-0.05, 0) is 84.6 Å². The van der Waals surface area contributed by atoms with E-state index in [9.17, 15) is 0 Å². The van der Waals surface area contributed by atoms with Gasteiger partial charge in [-0.2, -0.15) is 0 Å². The largest absolute Gasteiger partial charge is 0.324 e. The smallest absolute Gasteiger partial charge is 0.0235 e. The van der Waals surface area contributed by atoms with Crippen LogP contribution in [0.2, 0.25) is 0 Å². The highest BCUT2D eigenvalue weighted by Crippen LogP contribution is 2.33. The molecule has 0 heterocycles. The molecule has 1 nitrogen and oxygen atoms in total. The number of rotatable bonds is 12. The number of hydrogen-bond donors (Lipinski definition) is 1. The molecule has 0 fully saturated rings. The number of unbranched alkanes of at least 4 members (excludes halogenated alkanes) is 1. The van der Waals surface area contributed by atoms with E-state index < -0.39 is 0 Å². The molecule has 2 N–H and O–H groups in total. The summed E-state index contributed by atoms with van der Waals surface area (Å²) in [5, 5.41) is 0. The van der Waals surface area contributed by atoms with Crippen molar-refractivity contribution in [1.82, 2.24) is 0 Å². The Hall–Kier alpha value is -2.12. The molecular formula is C34H51N. The molecule has 35 heavy (non-hydrogen) atoms. The van der Waals surface area contributed by atoms with Gasteiger partial charge in [0.05, 0.1) is 0 Å². The highest BCUT2D eigenvalue weighted by Gasteiger charge is 2.21. The Morgan fingerprint density at radius 1 is 1.20 bits per heavy atom. The Morgan fingerprint density at radius 3 is 2.57 bits per heavy atom. The molecule has 0 spiro atoms. The molecular weight excluding hydrogens is 422 g/mol. The van der Waals surface area contributed by atoms with Gasteiger partial charge in [0.15, 0.2) is 0 Å². The van der Waals surface area contributed by atoms with Crippen molar-refractivity contribution in [3.05, 3.63) is 89.1 Å². The van der Waals surface area contributed by atoms with Crippen LogP contribution in [0.1, 0.15) is 90.8 Å². The third-order valence-corrected chi connectivity index (χ3v) is 7.29. The van der Waals surface area contributed by atoms with Crippen LogP contribution in [0.4, 0.5) is 0 Å². The van der Waals surface area contributed by atoms with Crippen molar-refractivity contribution in [3.63, 3.8) is 0 Å². The fraction of sp³-hybridized carbons (Fsp3) is 0.529. The van der Waals surface area contributed by atoms with Gasteiger partial charge in [0.2, 0.25) is 0 Å². The molecule has 0 amide bonds. The van der Waals surface area contributed by atoms with Crippen molar-refractivity contribution in [2.75, 3.05) is 0 Å². The standard InChI is InChI=1S/C34H51N/c1-9-12-14-29-18-16-28(22-34(29)33(24(4)5)20-25(6)13-10-2)21-27(8)32(11-3)30-17-15-26(7)19-31(35)23-30/h11,13,15-18,20,22-24,26-27,31-32H,3,9-10,12,14,19,21,35H2,1-2,4-8H3/b25-13+,33-20-. The molecule has 2 rings (SSSR count). The van der Waals surface area contributed by atoms with E-state index in [2.05, 4.69) is 110 Å². The third kappa shape index (κ3) is 8.80. The summed E-state index contributed by atoms with van der Waals surface area (Å²) in [5.74, 6) is 1.75. The van der Waals surface area contributed by atoms with Gasteiger partial charge < -0.3 is 5.73 Å². The van der Waals surface area contributed by atoms with Gasteiger partial charge >= 0.3 is 0 Å². The molecule has 0 aromatic heterocycles. The van der Waals surface area contributed by atoms with Crippen LogP contribution in [-0.2, 0) is 12.8 Å². The Labute approximate surface area is 217 Å². The van der Waals surface area contributed by atoms with Gasteiger partial charge in [-0.3, -0.25) is 0 Å². The van der Waals surface area contributed by atoms with Gasteiger partial charge in [0.25, 0.3) is 0 Å². The van der Waals surface area contributed by atoms with Crippen molar-refractivity contribution in [2.45, 2.75) is 93.0 Å². The SMILES string of the molecule is C=CC(C1=CC(N)CC(C)C=C1)C(C)Cc1ccc(CCCC)c(/C(=C\C(C)=C\CC)C(C)C)c1. The number of benzene rings is 1. The van der Waals surface area contributed by atoms with Crippen LogP contribution in [0, 0.1) is 23.7 Å². The van der Waals surface area contributed by atoms with E-state index in [4.69, 9.17) is 5.73 Å². The average molecular weight is 474 g/mol. The molecule has 1 heteroatoms. The van der Waals surface area contributed by atoms with Crippen LogP contribution < -0.4 is 5.73 Å². The number of nitrogens with two attached hydrogens (primary N) is 1. The Morgan fingerprint density at radius 2 is 1.94 bits per heavy atom. The Balaban J connectivity index is 2.42. The zero-order valence-corrected chi connectivity index (χ0v) is 23.6. The van der Waals surface area contributed by atoms with Gasteiger partial charge in [0, 0.05) is 12.0 Å². The predicted octanol–water partition coefficient (Wildman–Crippen LogP) is 9.26. The summed E-state index contributed by atoms with van der Waals surface area (Å²) < 4.78 is 0. The summed E-state index contributed by atoms with van der Waals surface area (Å²) in [6.45, 7) is 20.2. The average Bonchev–Trinajstić information content (AvgIpc) is 2.96. The van der Waals surface area contributed by atoms with Crippen LogP contribution in [0.15, 0.2) is 72.4 Å². The lowest BCUT2D eigenvalue weighted by atomic mass is 9.81. The van der Waals surface area contributed by atoms with Crippen LogP contribution >= 0.6 is 0 Å². The summed E-state index contributed by atoms with van der Waals surface area (Å²) in [6.07, 6.45) is 20.5. The zero-order valence-electron chi connectivity index (χ0n) is 23.6. The highest BCUT2D eigenvalue weighted by atomic mass is 14.6. The molecule has 0 bridgehead atoms. The third-order valence-electron chi connectivity index (χ3n) is 7.29. The Bertz CT molecular complexity index is 939. The summed E-state index contributed by atoms with van der Waals surface area (Å²) >= 11 is 0. The minimum Gasteiger partial charge on any atom is -0.324 e. The quantitative estimate of drug-likeness (QED) is 0.237. The second-order valence-electron chi connectivity index (χ2n) is 11.1. The van der Waals surface area contributed by atoms with Gasteiger partial charge in [0.1, 0.15) is 0 Å². The zero-order chi connectivity index (χ0) is 26.0. The number of hydrogen-bond acceptors (Lipinski definition) is 1. The first kappa shape index (κ1) is 29.1. The van der Waals surface area contributed by atoms with Crippen LogP contribution in [0.25, 0.3) is 5.57 Å². The monoisotopic (exact) mass is 473 g/mol. The van der Waals surface area contributed by atoms with Crippen molar-refractivity contribution >= 4 is 5.57 Å². The van der Waals surface area contributed by atoms with E-state index >= 15 is 0 Å². The Kier molecular flexibility index (Phi) is 12.0. The molecule has 0 aliphatic heterocycles. The van der Waals surface area contributed by atoms with E-state index in [1.807, 2.05) is 0 Å². The fourth-order valence-corrected chi connectivity index (χ4v) is 5.36. The van der Waals surface area contributed by atoms with Gasteiger partial charge in [-0.1, -0.05) is 108 Å². The number of aryl methyl sites for hydroxylation is 1. The van der Waals surface area contributed by atoms with Gasteiger partial charge in [-0.15, -0.1) is 6.58 Å². The molecule has 1 aromatic rings. The van der Waals surface area contributed by atoms with Crippen molar-refractivity contribution in [2.24, 2.45) is 29.4 Å². The topological polar surface area (TPSA) is 26.0 Å². The van der Waals surface area contributed by atoms with Crippen molar-refractivity contribution in [3.8, 4) is 0 Å². The summed E-state index contributed by atoms with van der Waals surface area (Å²) in [5.41, 5.74) is 14.9. The molecule has 4 unspecified atom stereocenters. The van der Waals surface area contributed by atoms with E-state index in [-0.39, 0.29) is 6.04 Å². The first-order valence-corrected chi connectivity index (χ1v) is 14.0. The summed E-state index contributed by atoms with van der Waals surface area (Å²) in [7, 11) is 0. The maximum Gasteiger partial charge on any atom is 0.0235 e. The van der Waals surface area contributed by atoms with Crippen LogP contribution in [0.3, 0.4) is 0 Å². The lowest BCUT2D eigenvalue weighted by Gasteiger charge is -2.24. The van der Waals surface area contributed by atoms with Crippen molar-refractivity contribution in [1.29, 1.82) is 0 Å². The fourth-order valence-electron chi connectivity index (χ4n) is 5.36. The second-order valence-corrected chi connectivity index (χ2v) is 11.1. The first-order valence-electron chi connectivity index (χ1n) is 14.0. The minimum atomic E-state index is 0.118. The highest BCUT2D eigenvalue weighted by molar-refractivity contribution is 5.72. The molecule has 1 aromatic carbocycles. The molecule has 4 atom stereocenters. The maximum atomic E-state index is 6.40. The first-order chi connectivity index (χ1) is 16.7. The predicted molar refractivity (Wildman–Crippen MR) is 157 cm³/mol. The number of allylic oxidation sites excluding steroid dienone is 8. The van der Waals surface area contributed by atoms with Crippen LogP contribution in [0.5, 0.6) is 0 Å². The van der Waals surface area contributed by atoms with E-state index in [1.54, 1.807) is 0 Å². The minimum absolute atomic E-state index is 0.118. The second kappa shape index (κ2) is 14.4. The van der Waals surface area contributed by atoms with E-state index in [1.165, 1.54) is 46.3 Å². The van der Waals surface area contributed by atoms with Crippen molar-refractivity contribution < 1.29 is 0 Å². The van der Waals surface area contributed by atoms with E-state index in [0.29, 0.717) is 23.7 Å². The molecule has 0 saturated carbocycles. The molecule has 0 radical (unpaired) electrons. The maximum absolute atomic E-state index is 6.40. The molecule has 192 valence electrons. The molecule has 1 aliphatic rings. The summed E-state index contributed by atoms with van der Waals surface area (Å²) in [6, 6.07) is 7.36.